The first-order valence-electron chi connectivity index (χ1n) is 7.41. The van der Waals surface area contributed by atoms with Crippen molar-refractivity contribution in [2.75, 3.05) is 6.54 Å². The van der Waals surface area contributed by atoms with Crippen molar-refractivity contribution in [3.05, 3.63) is 63.6 Å². The van der Waals surface area contributed by atoms with Crippen LogP contribution in [0.5, 0.6) is 0 Å². The summed E-state index contributed by atoms with van der Waals surface area (Å²) >= 11 is 0. The summed E-state index contributed by atoms with van der Waals surface area (Å²) in [5.41, 5.74) is 1.10. The van der Waals surface area contributed by atoms with E-state index in [0.29, 0.717) is 17.8 Å². The number of hydrogen-bond donors (Lipinski definition) is 1. The average molecular weight is 306 g/mol. The lowest BCUT2D eigenvalue weighted by atomic mass is 10.2. The van der Waals surface area contributed by atoms with Crippen LogP contribution in [0.4, 0.5) is 8.78 Å². The number of unbranched alkanes of at least 4 members (excludes halogenated alkanes) is 1. The molecule has 5 heteroatoms. The quantitative estimate of drug-likeness (QED) is 0.831. The van der Waals surface area contributed by atoms with E-state index in [2.05, 4.69) is 12.2 Å². The van der Waals surface area contributed by atoms with E-state index in [1.807, 2.05) is 0 Å². The molecule has 118 valence electrons. The van der Waals surface area contributed by atoms with Crippen molar-refractivity contribution in [2.45, 2.75) is 33.2 Å². The normalized spacial score (nSPS) is 10.9. The Labute approximate surface area is 128 Å². The number of nitrogens with one attached hydrogen (secondary N) is 1. The minimum Gasteiger partial charge on any atom is -0.318 e. The first-order chi connectivity index (χ1) is 10.5. The lowest BCUT2D eigenvalue weighted by Gasteiger charge is -2.14. The summed E-state index contributed by atoms with van der Waals surface area (Å²) in [6, 6.07) is 4.73. The van der Waals surface area contributed by atoms with Gasteiger partial charge in [-0.15, -0.1) is 0 Å². The summed E-state index contributed by atoms with van der Waals surface area (Å²) in [4.78, 5) is 12.0. The lowest BCUT2D eigenvalue weighted by molar-refractivity contribution is 0.590. The van der Waals surface area contributed by atoms with Crippen molar-refractivity contribution in [3.8, 4) is 5.69 Å². The predicted molar refractivity (Wildman–Crippen MR) is 83.3 cm³/mol. The molecule has 2 aromatic rings. The highest BCUT2D eigenvalue weighted by Crippen LogP contribution is 2.17. The third-order valence-corrected chi connectivity index (χ3v) is 3.51. The van der Waals surface area contributed by atoms with Crippen molar-refractivity contribution in [2.24, 2.45) is 0 Å². The van der Waals surface area contributed by atoms with Gasteiger partial charge in [0, 0.05) is 36.1 Å². The summed E-state index contributed by atoms with van der Waals surface area (Å²) in [5.74, 6) is -1.05. The van der Waals surface area contributed by atoms with Crippen molar-refractivity contribution < 1.29 is 8.78 Å². The number of hydrogen-bond acceptors (Lipinski definition) is 2. The van der Waals surface area contributed by atoms with E-state index >= 15 is 0 Å². The zero-order valence-corrected chi connectivity index (χ0v) is 12.8. The van der Waals surface area contributed by atoms with Gasteiger partial charge in [0.25, 0.3) is 0 Å². The Morgan fingerprint density at radius 3 is 2.73 bits per heavy atom. The molecule has 1 heterocycles. The van der Waals surface area contributed by atoms with Crippen LogP contribution in [-0.2, 0) is 6.54 Å². The van der Waals surface area contributed by atoms with Gasteiger partial charge in [0.1, 0.15) is 11.6 Å². The Kier molecular flexibility index (Phi) is 5.44. The molecular weight excluding hydrogens is 286 g/mol. The first kappa shape index (κ1) is 16.4. The lowest BCUT2D eigenvalue weighted by Crippen LogP contribution is -2.22. The third kappa shape index (κ3) is 3.80. The smallest absolute Gasteiger partial charge is 0.186 e. The summed E-state index contributed by atoms with van der Waals surface area (Å²) in [6.45, 7) is 5.02. The van der Waals surface area contributed by atoms with E-state index in [-0.39, 0.29) is 11.1 Å². The molecule has 0 radical (unpaired) electrons. The monoisotopic (exact) mass is 306 g/mol. The Hall–Kier alpha value is -2.01. The van der Waals surface area contributed by atoms with Crippen LogP contribution in [0.2, 0.25) is 0 Å². The maximum atomic E-state index is 13.9. The van der Waals surface area contributed by atoms with Crippen LogP contribution in [0.15, 0.2) is 35.3 Å². The number of rotatable bonds is 6. The maximum Gasteiger partial charge on any atom is 0.186 e. The first-order valence-corrected chi connectivity index (χ1v) is 7.41. The van der Waals surface area contributed by atoms with Gasteiger partial charge in [-0.2, -0.15) is 0 Å². The molecule has 0 amide bonds. The van der Waals surface area contributed by atoms with E-state index in [1.54, 1.807) is 13.1 Å². The van der Waals surface area contributed by atoms with Crippen LogP contribution < -0.4 is 10.7 Å². The SMILES string of the molecule is CCCCNCc1cn(-c2cc(F)ccc2F)c(C)cc1=O. The summed E-state index contributed by atoms with van der Waals surface area (Å²) in [5, 5.41) is 3.19. The summed E-state index contributed by atoms with van der Waals surface area (Å²) in [7, 11) is 0. The highest BCUT2D eigenvalue weighted by molar-refractivity contribution is 5.37. The Balaban J connectivity index is 2.35. The van der Waals surface area contributed by atoms with Gasteiger partial charge in [-0.1, -0.05) is 13.3 Å². The van der Waals surface area contributed by atoms with E-state index in [0.717, 1.165) is 37.6 Å². The molecule has 0 bridgehead atoms. The van der Waals surface area contributed by atoms with Crippen LogP contribution in [0.25, 0.3) is 5.69 Å². The molecule has 0 fully saturated rings. The average Bonchev–Trinajstić information content (AvgIpc) is 2.48. The van der Waals surface area contributed by atoms with E-state index in [1.165, 1.54) is 10.6 Å². The number of halogens is 2. The molecule has 3 nitrogen and oxygen atoms in total. The van der Waals surface area contributed by atoms with E-state index in [9.17, 15) is 13.6 Å². The van der Waals surface area contributed by atoms with Crippen LogP contribution >= 0.6 is 0 Å². The second kappa shape index (κ2) is 7.31. The van der Waals surface area contributed by atoms with Crippen LogP contribution in [-0.4, -0.2) is 11.1 Å². The van der Waals surface area contributed by atoms with Crippen molar-refractivity contribution in [1.82, 2.24) is 9.88 Å². The maximum absolute atomic E-state index is 13.9. The van der Waals surface area contributed by atoms with Gasteiger partial charge in [0.05, 0.1) is 5.69 Å². The second-order valence-corrected chi connectivity index (χ2v) is 5.30. The fourth-order valence-corrected chi connectivity index (χ4v) is 2.26. The number of aryl methyl sites for hydroxylation is 1. The zero-order valence-electron chi connectivity index (χ0n) is 12.8. The van der Waals surface area contributed by atoms with Gasteiger partial charge in [0.15, 0.2) is 5.43 Å². The second-order valence-electron chi connectivity index (χ2n) is 5.30. The zero-order chi connectivity index (χ0) is 16.1. The Morgan fingerprint density at radius 2 is 2.00 bits per heavy atom. The van der Waals surface area contributed by atoms with Crippen molar-refractivity contribution >= 4 is 0 Å². The van der Waals surface area contributed by atoms with Crippen molar-refractivity contribution in [1.29, 1.82) is 0 Å². The molecule has 22 heavy (non-hydrogen) atoms. The Morgan fingerprint density at radius 1 is 1.23 bits per heavy atom. The summed E-state index contributed by atoms with van der Waals surface area (Å²) < 4.78 is 28.8. The van der Waals surface area contributed by atoms with Crippen LogP contribution in [0.3, 0.4) is 0 Å². The van der Waals surface area contributed by atoms with Gasteiger partial charge in [-0.05, 0) is 32.0 Å². The molecule has 0 aliphatic carbocycles. The van der Waals surface area contributed by atoms with Gasteiger partial charge in [0.2, 0.25) is 0 Å². The Bertz CT molecular complexity index is 710. The van der Waals surface area contributed by atoms with Gasteiger partial charge in [-0.25, -0.2) is 8.78 Å². The third-order valence-electron chi connectivity index (χ3n) is 3.51. The number of benzene rings is 1. The molecule has 0 unspecified atom stereocenters. The molecule has 1 N–H and O–H groups in total. The van der Waals surface area contributed by atoms with Gasteiger partial charge >= 0.3 is 0 Å². The minimum absolute atomic E-state index is 0.102. The largest absolute Gasteiger partial charge is 0.318 e. The van der Waals surface area contributed by atoms with Gasteiger partial charge < -0.3 is 9.88 Å². The van der Waals surface area contributed by atoms with Crippen LogP contribution in [0.1, 0.15) is 31.0 Å². The number of pyridine rings is 1. The predicted octanol–water partition coefficient (Wildman–Crippen LogP) is 3.31. The molecule has 1 aromatic carbocycles. The number of nitrogens with zero attached hydrogens (tertiary/aromatic N) is 1. The molecule has 1 aromatic heterocycles. The van der Waals surface area contributed by atoms with Crippen molar-refractivity contribution in [3.63, 3.8) is 0 Å². The molecule has 0 atom stereocenters. The topological polar surface area (TPSA) is 34.0 Å². The highest BCUT2D eigenvalue weighted by atomic mass is 19.1. The molecule has 0 aliphatic rings. The van der Waals surface area contributed by atoms with E-state index < -0.39 is 11.6 Å². The molecule has 0 saturated carbocycles. The summed E-state index contributed by atoms with van der Waals surface area (Å²) in [6.07, 6.45) is 3.67. The standard InChI is InChI=1S/C17H20F2N2O/c1-3-4-7-20-10-13-11-21(12(2)8-17(13)22)16-9-14(18)5-6-15(16)19/h5-6,8-9,11,20H,3-4,7,10H2,1-2H3. The fourth-order valence-electron chi connectivity index (χ4n) is 2.26. The van der Waals surface area contributed by atoms with Crippen LogP contribution in [0, 0.1) is 18.6 Å². The minimum atomic E-state index is -0.530. The fraction of sp³-hybridized carbons (Fsp3) is 0.353. The molecule has 0 saturated heterocycles. The molecule has 2 rings (SSSR count). The molecule has 0 spiro atoms. The molecule has 0 aliphatic heterocycles. The highest BCUT2D eigenvalue weighted by Gasteiger charge is 2.10. The van der Waals surface area contributed by atoms with E-state index in [4.69, 9.17) is 0 Å². The molecular formula is C17H20F2N2O. The number of aromatic nitrogens is 1. The van der Waals surface area contributed by atoms with Gasteiger partial charge in [-0.3, -0.25) is 4.79 Å².